The molecule has 3 amide bonds. The topological polar surface area (TPSA) is 98.7 Å². The van der Waals surface area contributed by atoms with Crippen LogP contribution in [0.2, 0.25) is 0 Å². The van der Waals surface area contributed by atoms with E-state index in [2.05, 4.69) is 10.6 Å². The minimum absolute atomic E-state index is 0.0259. The highest BCUT2D eigenvalue weighted by Gasteiger charge is 2.38. The molecule has 4 rings (SSSR count). The van der Waals surface area contributed by atoms with Gasteiger partial charge in [-0.25, -0.2) is 9.29 Å². The van der Waals surface area contributed by atoms with Crippen molar-refractivity contribution in [2.75, 3.05) is 15.5 Å². The van der Waals surface area contributed by atoms with Gasteiger partial charge in [0.05, 0.1) is 5.69 Å². The molecule has 0 unspecified atom stereocenters. The maximum Gasteiger partial charge on any atom is 0.283 e. The summed E-state index contributed by atoms with van der Waals surface area (Å²) in [7, 11) is 0. The highest BCUT2D eigenvalue weighted by Crippen LogP contribution is 2.30. The van der Waals surface area contributed by atoms with Gasteiger partial charge in [-0.05, 0) is 60.7 Å². The van der Waals surface area contributed by atoms with Gasteiger partial charge in [0.25, 0.3) is 17.7 Å². The summed E-state index contributed by atoms with van der Waals surface area (Å²) in [6.45, 7) is 0. The fourth-order valence-corrected chi connectivity index (χ4v) is 3.28. The zero-order valence-corrected chi connectivity index (χ0v) is 17.1. The van der Waals surface area contributed by atoms with Crippen molar-refractivity contribution in [3.05, 3.63) is 94.9 Å². The molecule has 1 aliphatic rings. The second kappa shape index (κ2) is 8.52. The molecule has 0 bridgehead atoms. The minimum atomic E-state index is -0.729. The molecule has 3 N–H and O–H groups in total. The summed E-state index contributed by atoms with van der Waals surface area (Å²) < 4.78 is 13.2. The molecule has 0 spiro atoms. The molecule has 3 aromatic rings. The lowest BCUT2D eigenvalue weighted by Crippen LogP contribution is -2.32. The zero-order valence-electron chi connectivity index (χ0n) is 16.3. The molecule has 0 saturated heterocycles. The summed E-state index contributed by atoms with van der Waals surface area (Å²) in [5.41, 5.74) is 1.26. The number of nitrogens with zero attached hydrogens (tertiary/aromatic N) is 1. The fourth-order valence-electron chi connectivity index (χ4n) is 3.07. The predicted molar refractivity (Wildman–Crippen MR) is 118 cm³/mol. The van der Waals surface area contributed by atoms with E-state index in [4.69, 9.17) is 11.6 Å². The van der Waals surface area contributed by atoms with Crippen molar-refractivity contribution in [1.29, 1.82) is 0 Å². The van der Waals surface area contributed by atoms with Gasteiger partial charge >= 0.3 is 0 Å². The Morgan fingerprint density at radius 3 is 2.25 bits per heavy atom. The molecule has 32 heavy (non-hydrogen) atoms. The summed E-state index contributed by atoms with van der Waals surface area (Å²) in [5, 5.41) is 14.6. The number of anilines is 3. The number of phenolic OH excluding ortho intramolecular Hbond substituents is 1. The summed E-state index contributed by atoms with van der Waals surface area (Å²) in [4.78, 5) is 38.4. The van der Waals surface area contributed by atoms with E-state index >= 15 is 0 Å². The lowest BCUT2D eigenvalue weighted by atomic mass is 10.2. The van der Waals surface area contributed by atoms with Crippen molar-refractivity contribution in [2.24, 2.45) is 0 Å². The highest BCUT2D eigenvalue weighted by atomic mass is 35.5. The molecule has 1 aliphatic heterocycles. The second-order valence-electron chi connectivity index (χ2n) is 6.82. The molecule has 0 aromatic heterocycles. The first-order valence-corrected chi connectivity index (χ1v) is 9.73. The van der Waals surface area contributed by atoms with Gasteiger partial charge in [0, 0.05) is 23.0 Å². The van der Waals surface area contributed by atoms with Gasteiger partial charge in [0.15, 0.2) is 0 Å². The van der Waals surface area contributed by atoms with Gasteiger partial charge in [-0.3, -0.25) is 14.4 Å². The summed E-state index contributed by atoms with van der Waals surface area (Å²) in [5.74, 6) is -2.28. The normalized spacial score (nSPS) is 13.5. The number of phenols is 1. The van der Waals surface area contributed by atoms with Crippen LogP contribution in [0.5, 0.6) is 5.75 Å². The van der Waals surface area contributed by atoms with Crippen LogP contribution in [0.25, 0.3) is 0 Å². The molecule has 0 saturated carbocycles. The molecule has 9 heteroatoms. The van der Waals surface area contributed by atoms with Crippen molar-refractivity contribution in [3.8, 4) is 5.75 Å². The number of aromatic hydroxyl groups is 1. The zero-order chi connectivity index (χ0) is 22.8. The van der Waals surface area contributed by atoms with E-state index in [-0.39, 0.29) is 22.2 Å². The Morgan fingerprint density at radius 1 is 0.906 bits per heavy atom. The van der Waals surface area contributed by atoms with E-state index in [0.29, 0.717) is 16.9 Å². The molecule has 7 nitrogen and oxygen atoms in total. The maximum absolute atomic E-state index is 13.2. The number of benzene rings is 3. The van der Waals surface area contributed by atoms with E-state index < -0.39 is 23.5 Å². The van der Waals surface area contributed by atoms with Gasteiger partial charge in [0.2, 0.25) is 0 Å². The number of hydrogen-bond donors (Lipinski definition) is 3. The quantitative estimate of drug-likeness (QED) is 0.504. The minimum Gasteiger partial charge on any atom is -0.508 e. The number of rotatable bonds is 5. The fraction of sp³-hybridized carbons (Fsp3) is 0. The first-order valence-electron chi connectivity index (χ1n) is 9.35. The molecular weight excluding hydrogens is 437 g/mol. The average Bonchev–Trinajstić information content (AvgIpc) is 2.98. The van der Waals surface area contributed by atoms with E-state index in [1.165, 1.54) is 36.4 Å². The number of nitrogens with one attached hydrogen (secondary N) is 2. The van der Waals surface area contributed by atoms with Gasteiger partial charge < -0.3 is 15.7 Å². The Hall–Kier alpha value is -4.17. The monoisotopic (exact) mass is 451 g/mol. The predicted octanol–water partition coefficient (Wildman–Crippen LogP) is 4.22. The first-order chi connectivity index (χ1) is 15.3. The van der Waals surface area contributed by atoms with Gasteiger partial charge in [0.1, 0.15) is 22.3 Å². The molecule has 160 valence electrons. The van der Waals surface area contributed by atoms with Gasteiger partial charge in [-0.1, -0.05) is 17.7 Å². The Morgan fingerprint density at radius 2 is 1.59 bits per heavy atom. The van der Waals surface area contributed by atoms with E-state index in [1.54, 1.807) is 24.3 Å². The van der Waals surface area contributed by atoms with Crippen LogP contribution in [-0.2, 0) is 9.59 Å². The maximum atomic E-state index is 13.2. The smallest absolute Gasteiger partial charge is 0.283 e. The number of carbonyl (C=O) groups excluding carboxylic acids is 3. The van der Waals surface area contributed by atoms with Crippen molar-refractivity contribution in [2.45, 2.75) is 0 Å². The molecule has 0 atom stereocenters. The first kappa shape index (κ1) is 21.1. The van der Waals surface area contributed by atoms with E-state index in [9.17, 15) is 23.9 Å². The van der Waals surface area contributed by atoms with Crippen LogP contribution in [0.3, 0.4) is 0 Å². The molecule has 1 heterocycles. The Balaban J connectivity index is 1.48. The van der Waals surface area contributed by atoms with Crippen molar-refractivity contribution in [1.82, 2.24) is 0 Å². The van der Waals surface area contributed by atoms with E-state index in [1.807, 2.05) is 0 Å². The lowest BCUT2D eigenvalue weighted by Gasteiger charge is -2.15. The summed E-state index contributed by atoms with van der Waals surface area (Å²) in [6.07, 6.45) is 0. The third kappa shape index (κ3) is 4.17. The van der Waals surface area contributed by atoms with Crippen LogP contribution in [0.15, 0.2) is 83.5 Å². The molecule has 0 fully saturated rings. The van der Waals surface area contributed by atoms with Crippen LogP contribution in [-0.4, -0.2) is 22.8 Å². The third-order valence-corrected chi connectivity index (χ3v) is 4.98. The third-order valence-electron chi connectivity index (χ3n) is 4.63. The average molecular weight is 452 g/mol. The second-order valence-corrected chi connectivity index (χ2v) is 7.20. The molecule has 3 aromatic carbocycles. The standard InChI is InChI=1S/C23H15ClFN3O4/c24-19-20(23(32)28(22(19)31)17-10-6-14(25)7-11-17)26-15-8-4-13(5-9-15)21(30)27-16-2-1-3-18(29)12-16/h1-12,26,29H,(H,27,30). The van der Waals surface area contributed by atoms with Gasteiger partial charge in [-0.2, -0.15) is 0 Å². The van der Waals surface area contributed by atoms with Crippen LogP contribution < -0.4 is 15.5 Å². The van der Waals surface area contributed by atoms with Crippen molar-refractivity contribution >= 4 is 46.4 Å². The molecule has 0 radical (unpaired) electrons. The van der Waals surface area contributed by atoms with Crippen LogP contribution in [0, 0.1) is 5.82 Å². The number of imide groups is 1. The highest BCUT2D eigenvalue weighted by molar-refractivity contribution is 6.53. The number of hydrogen-bond acceptors (Lipinski definition) is 5. The summed E-state index contributed by atoms with van der Waals surface area (Å²) >= 11 is 6.08. The summed E-state index contributed by atoms with van der Waals surface area (Å²) in [6, 6.07) is 17.2. The van der Waals surface area contributed by atoms with Crippen LogP contribution in [0.1, 0.15) is 10.4 Å². The van der Waals surface area contributed by atoms with Gasteiger partial charge in [-0.15, -0.1) is 0 Å². The Kier molecular flexibility index (Phi) is 5.61. The molecular formula is C23H15ClFN3O4. The van der Waals surface area contributed by atoms with Crippen LogP contribution in [0.4, 0.5) is 21.5 Å². The molecule has 0 aliphatic carbocycles. The Labute approximate surface area is 186 Å². The van der Waals surface area contributed by atoms with E-state index in [0.717, 1.165) is 17.0 Å². The number of amides is 3. The van der Waals surface area contributed by atoms with Crippen LogP contribution >= 0.6 is 11.6 Å². The SMILES string of the molecule is O=C(Nc1cccc(O)c1)c1ccc(NC2=C(Cl)C(=O)N(c3ccc(F)cc3)C2=O)cc1. The number of halogens is 2. The number of carbonyl (C=O) groups is 3. The Bertz CT molecular complexity index is 1260. The van der Waals surface area contributed by atoms with Crippen molar-refractivity contribution in [3.63, 3.8) is 0 Å². The largest absolute Gasteiger partial charge is 0.508 e. The lowest BCUT2D eigenvalue weighted by molar-refractivity contribution is -0.120. The van der Waals surface area contributed by atoms with Crippen molar-refractivity contribution < 1.29 is 23.9 Å².